The third-order valence-electron chi connectivity index (χ3n) is 3.22. The molecule has 0 radical (unpaired) electrons. The standard InChI is InChI=1S/C11H21N3O2/c1-7-5-3-4-6-9(7)13-8(2)10(15)14-11(12)16/h7-9,13H,3-6H2,1-2H3,(H3,12,14,15,16)/t7-,8-,9-/m0/s1. The maximum Gasteiger partial charge on any atom is 0.318 e. The van der Waals surface area contributed by atoms with Crippen molar-refractivity contribution in [2.24, 2.45) is 11.7 Å². The molecule has 0 unspecified atom stereocenters. The van der Waals surface area contributed by atoms with Crippen LogP contribution in [0.3, 0.4) is 0 Å². The average Bonchev–Trinajstić information content (AvgIpc) is 2.20. The average molecular weight is 227 g/mol. The Morgan fingerprint density at radius 2 is 1.94 bits per heavy atom. The summed E-state index contributed by atoms with van der Waals surface area (Å²) >= 11 is 0. The van der Waals surface area contributed by atoms with Gasteiger partial charge < -0.3 is 11.1 Å². The topological polar surface area (TPSA) is 84.2 Å². The van der Waals surface area contributed by atoms with Crippen molar-refractivity contribution in [1.29, 1.82) is 0 Å². The number of hydrogen-bond donors (Lipinski definition) is 3. The van der Waals surface area contributed by atoms with Gasteiger partial charge in [0.25, 0.3) is 0 Å². The van der Waals surface area contributed by atoms with Gasteiger partial charge in [0.05, 0.1) is 6.04 Å². The minimum atomic E-state index is -0.796. The van der Waals surface area contributed by atoms with Gasteiger partial charge in [-0.1, -0.05) is 19.8 Å². The lowest BCUT2D eigenvalue weighted by molar-refractivity contribution is -0.121. The summed E-state index contributed by atoms with van der Waals surface area (Å²) in [5.74, 6) is 0.225. The minimum absolute atomic E-state index is 0.356. The van der Waals surface area contributed by atoms with Crippen LogP contribution in [-0.4, -0.2) is 24.0 Å². The normalized spacial score (nSPS) is 27.1. The molecule has 0 aromatic rings. The summed E-state index contributed by atoms with van der Waals surface area (Å²) in [7, 11) is 0. The van der Waals surface area contributed by atoms with Crippen molar-refractivity contribution in [2.75, 3.05) is 0 Å². The van der Waals surface area contributed by atoms with Crippen LogP contribution >= 0.6 is 0 Å². The second-order valence-electron chi connectivity index (χ2n) is 4.61. The summed E-state index contributed by atoms with van der Waals surface area (Å²) < 4.78 is 0. The summed E-state index contributed by atoms with van der Waals surface area (Å²) in [5, 5.41) is 5.34. The molecule has 92 valence electrons. The van der Waals surface area contributed by atoms with E-state index in [0.29, 0.717) is 12.0 Å². The summed E-state index contributed by atoms with van der Waals surface area (Å²) in [6.07, 6.45) is 4.75. The summed E-state index contributed by atoms with van der Waals surface area (Å²) in [6, 6.07) is -0.809. The van der Waals surface area contributed by atoms with Crippen molar-refractivity contribution in [3.05, 3.63) is 0 Å². The minimum Gasteiger partial charge on any atom is -0.351 e. The number of carbonyl (C=O) groups excluding carboxylic acids is 2. The van der Waals surface area contributed by atoms with E-state index in [1.54, 1.807) is 6.92 Å². The number of amides is 3. The molecular weight excluding hydrogens is 206 g/mol. The number of nitrogens with two attached hydrogens (primary N) is 1. The predicted octanol–water partition coefficient (Wildman–Crippen LogP) is 0.738. The molecule has 1 rings (SSSR count). The Hall–Kier alpha value is -1.10. The van der Waals surface area contributed by atoms with E-state index < -0.39 is 6.03 Å². The molecule has 0 aromatic heterocycles. The SMILES string of the molecule is C[C@H](N[C@H]1CCCC[C@@H]1C)C(=O)NC(N)=O. The highest BCUT2D eigenvalue weighted by molar-refractivity contribution is 5.96. The zero-order chi connectivity index (χ0) is 12.1. The van der Waals surface area contributed by atoms with Crippen LogP contribution in [0.1, 0.15) is 39.5 Å². The molecule has 1 fully saturated rings. The van der Waals surface area contributed by atoms with Gasteiger partial charge in [0.15, 0.2) is 0 Å². The molecule has 0 aliphatic heterocycles. The van der Waals surface area contributed by atoms with E-state index in [9.17, 15) is 9.59 Å². The van der Waals surface area contributed by atoms with Crippen LogP contribution in [0, 0.1) is 5.92 Å². The fourth-order valence-corrected chi connectivity index (χ4v) is 2.19. The van der Waals surface area contributed by atoms with Crippen LogP contribution in [0.15, 0.2) is 0 Å². The van der Waals surface area contributed by atoms with Crippen molar-refractivity contribution in [2.45, 2.75) is 51.6 Å². The van der Waals surface area contributed by atoms with Gasteiger partial charge in [-0.2, -0.15) is 0 Å². The number of rotatable bonds is 3. The van der Waals surface area contributed by atoms with E-state index in [-0.39, 0.29) is 11.9 Å². The molecule has 0 bridgehead atoms. The Kier molecular flexibility index (Phi) is 4.73. The molecule has 5 heteroatoms. The van der Waals surface area contributed by atoms with Crippen molar-refractivity contribution in [1.82, 2.24) is 10.6 Å². The van der Waals surface area contributed by atoms with Crippen LogP contribution < -0.4 is 16.4 Å². The first-order chi connectivity index (χ1) is 7.50. The molecule has 0 heterocycles. The van der Waals surface area contributed by atoms with Gasteiger partial charge in [-0.3, -0.25) is 10.1 Å². The number of imide groups is 1. The van der Waals surface area contributed by atoms with Gasteiger partial charge >= 0.3 is 6.03 Å². The fourth-order valence-electron chi connectivity index (χ4n) is 2.19. The third kappa shape index (κ3) is 3.81. The molecule has 1 aliphatic carbocycles. The highest BCUT2D eigenvalue weighted by Crippen LogP contribution is 2.23. The number of nitrogens with one attached hydrogen (secondary N) is 2. The Morgan fingerprint density at radius 3 is 2.50 bits per heavy atom. The zero-order valence-corrected chi connectivity index (χ0v) is 9.95. The van der Waals surface area contributed by atoms with E-state index in [1.807, 2.05) is 0 Å². The molecular formula is C11H21N3O2. The molecule has 1 saturated carbocycles. The second kappa shape index (κ2) is 5.84. The summed E-state index contributed by atoms with van der Waals surface area (Å²) in [6.45, 7) is 3.94. The Morgan fingerprint density at radius 1 is 1.31 bits per heavy atom. The zero-order valence-electron chi connectivity index (χ0n) is 9.95. The van der Waals surface area contributed by atoms with Crippen LogP contribution in [0.4, 0.5) is 4.79 Å². The van der Waals surface area contributed by atoms with Crippen LogP contribution in [0.5, 0.6) is 0 Å². The maximum absolute atomic E-state index is 11.5. The first kappa shape index (κ1) is 13.0. The van der Waals surface area contributed by atoms with E-state index >= 15 is 0 Å². The van der Waals surface area contributed by atoms with Gasteiger partial charge in [-0.25, -0.2) is 4.79 Å². The van der Waals surface area contributed by atoms with Crippen molar-refractivity contribution < 1.29 is 9.59 Å². The molecule has 5 nitrogen and oxygen atoms in total. The van der Waals surface area contributed by atoms with E-state index in [4.69, 9.17) is 5.73 Å². The van der Waals surface area contributed by atoms with Gasteiger partial charge in [0.2, 0.25) is 5.91 Å². The quantitative estimate of drug-likeness (QED) is 0.664. The van der Waals surface area contributed by atoms with Crippen molar-refractivity contribution in [3.8, 4) is 0 Å². The molecule has 1 aliphatic rings. The highest BCUT2D eigenvalue weighted by atomic mass is 16.2. The van der Waals surface area contributed by atoms with Crippen molar-refractivity contribution >= 4 is 11.9 Å². The summed E-state index contributed by atoms with van der Waals surface area (Å²) in [5.41, 5.74) is 4.89. The van der Waals surface area contributed by atoms with E-state index in [2.05, 4.69) is 17.6 Å². The van der Waals surface area contributed by atoms with Crippen molar-refractivity contribution in [3.63, 3.8) is 0 Å². The molecule has 0 spiro atoms. The summed E-state index contributed by atoms with van der Waals surface area (Å²) in [4.78, 5) is 22.0. The van der Waals surface area contributed by atoms with Gasteiger partial charge in [0.1, 0.15) is 0 Å². The largest absolute Gasteiger partial charge is 0.351 e. The molecule has 4 N–H and O–H groups in total. The molecule has 0 aromatic carbocycles. The first-order valence-corrected chi connectivity index (χ1v) is 5.87. The monoisotopic (exact) mass is 227 g/mol. The molecule has 3 amide bonds. The fraction of sp³-hybridized carbons (Fsp3) is 0.818. The van der Waals surface area contributed by atoms with Crippen LogP contribution in [-0.2, 0) is 4.79 Å². The molecule has 16 heavy (non-hydrogen) atoms. The third-order valence-corrected chi connectivity index (χ3v) is 3.22. The van der Waals surface area contributed by atoms with Gasteiger partial charge in [-0.15, -0.1) is 0 Å². The second-order valence-corrected chi connectivity index (χ2v) is 4.61. The molecule has 3 atom stereocenters. The highest BCUT2D eigenvalue weighted by Gasteiger charge is 2.25. The maximum atomic E-state index is 11.5. The van der Waals surface area contributed by atoms with E-state index in [1.165, 1.54) is 19.3 Å². The smallest absolute Gasteiger partial charge is 0.318 e. The Labute approximate surface area is 96.1 Å². The van der Waals surface area contributed by atoms with Crippen LogP contribution in [0.2, 0.25) is 0 Å². The Bertz CT molecular complexity index is 268. The van der Waals surface area contributed by atoms with Gasteiger partial charge in [-0.05, 0) is 25.7 Å². The lowest BCUT2D eigenvalue weighted by Crippen LogP contribution is -2.51. The van der Waals surface area contributed by atoms with E-state index in [0.717, 1.165) is 6.42 Å². The van der Waals surface area contributed by atoms with Crippen LogP contribution in [0.25, 0.3) is 0 Å². The lowest BCUT2D eigenvalue weighted by atomic mass is 9.85. The number of urea groups is 1. The first-order valence-electron chi connectivity index (χ1n) is 5.87. The van der Waals surface area contributed by atoms with Gasteiger partial charge in [0, 0.05) is 6.04 Å². The lowest BCUT2D eigenvalue weighted by Gasteiger charge is -2.31. The predicted molar refractivity (Wildman–Crippen MR) is 61.7 cm³/mol. The Balaban J connectivity index is 2.40. The number of carbonyl (C=O) groups is 2. The number of primary amides is 1. The molecule has 0 saturated heterocycles. The number of hydrogen-bond acceptors (Lipinski definition) is 3.